The number of hydrogen-bond acceptors (Lipinski definition) is 5. The molecule has 0 saturated carbocycles. The van der Waals surface area contributed by atoms with Crippen molar-refractivity contribution in [3.8, 4) is 0 Å². The maximum atomic E-state index is 5.01. The molecule has 0 amide bonds. The van der Waals surface area contributed by atoms with Gasteiger partial charge in [-0.1, -0.05) is 6.07 Å². The lowest BCUT2D eigenvalue weighted by Gasteiger charge is -2.35. The first-order valence-corrected chi connectivity index (χ1v) is 7.48. The number of hydrogen-bond donors (Lipinski definition) is 1. The Balaban J connectivity index is 1.58. The number of aromatic nitrogens is 1. The van der Waals surface area contributed by atoms with Crippen molar-refractivity contribution >= 4 is 5.82 Å². The lowest BCUT2D eigenvalue weighted by atomic mass is 10.2. The summed E-state index contributed by atoms with van der Waals surface area (Å²) in [4.78, 5) is 9.32. The molecule has 5 nitrogen and oxygen atoms in total. The zero-order chi connectivity index (χ0) is 14.0. The summed E-state index contributed by atoms with van der Waals surface area (Å²) in [7, 11) is 1.74. The van der Waals surface area contributed by atoms with Crippen LogP contribution in [0.15, 0.2) is 24.4 Å². The van der Waals surface area contributed by atoms with Crippen molar-refractivity contribution in [3.05, 3.63) is 24.4 Å². The minimum atomic E-state index is 0.794. The summed E-state index contributed by atoms with van der Waals surface area (Å²) in [5, 5.41) is 3.39. The van der Waals surface area contributed by atoms with E-state index in [1.807, 2.05) is 12.3 Å². The van der Waals surface area contributed by atoms with E-state index in [1.165, 1.54) is 13.0 Å². The standard InChI is InChI=1S/C15H26N4O/c1-20-14-8-16-6-4-9-18-10-12-19(13-11-18)15-5-2-3-7-17-15/h2-3,5,7,16H,4,6,8-14H2,1H3. The summed E-state index contributed by atoms with van der Waals surface area (Å²) in [5.41, 5.74) is 0. The van der Waals surface area contributed by atoms with Crippen molar-refractivity contribution in [2.24, 2.45) is 0 Å². The number of ether oxygens (including phenoxy) is 1. The monoisotopic (exact) mass is 278 g/mol. The van der Waals surface area contributed by atoms with Gasteiger partial charge < -0.3 is 15.0 Å². The van der Waals surface area contributed by atoms with Gasteiger partial charge in [0.15, 0.2) is 0 Å². The molecule has 2 heterocycles. The highest BCUT2D eigenvalue weighted by Crippen LogP contribution is 2.12. The Morgan fingerprint density at radius 1 is 1.20 bits per heavy atom. The molecule has 0 bridgehead atoms. The van der Waals surface area contributed by atoms with Crippen molar-refractivity contribution in [2.75, 3.05) is 64.4 Å². The molecule has 0 radical (unpaired) electrons. The van der Waals surface area contributed by atoms with Crippen molar-refractivity contribution in [3.63, 3.8) is 0 Å². The fourth-order valence-corrected chi connectivity index (χ4v) is 2.47. The molecule has 0 aromatic carbocycles. The SMILES string of the molecule is COCCNCCCN1CCN(c2ccccn2)CC1. The lowest BCUT2D eigenvalue weighted by molar-refractivity contribution is 0.198. The van der Waals surface area contributed by atoms with Gasteiger partial charge in [0, 0.05) is 46.0 Å². The van der Waals surface area contributed by atoms with Crippen LogP contribution in [-0.4, -0.2) is 69.4 Å². The minimum Gasteiger partial charge on any atom is -0.383 e. The molecule has 0 unspecified atom stereocenters. The van der Waals surface area contributed by atoms with Crippen molar-refractivity contribution < 1.29 is 4.74 Å². The molecule has 5 heteroatoms. The first kappa shape index (κ1) is 15.2. The highest BCUT2D eigenvalue weighted by molar-refractivity contribution is 5.38. The van der Waals surface area contributed by atoms with E-state index in [1.54, 1.807) is 7.11 Å². The fourth-order valence-electron chi connectivity index (χ4n) is 2.47. The molecule has 1 saturated heterocycles. The first-order valence-electron chi connectivity index (χ1n) is 7.48. The molecule has 1 aliphatic rings. The fraction of sp³-hybridized carbons (Fsp3) is 0.667. The van der Waals surface area contributed by atoms with Crippen LogP contribution >= 0.6 is 0 Å². The third-order valence-electron chi connectivity index (χ3n) is 3.66. The van der Waals surface area contributed by atoms with E-state index in [-0.39, 0.29) is 0 Å². The van der Waals surface area contributed by atoms with Crippen LogP contribution in [0.3, 0.4) is 0 Å². The average Bonchev–Trinajstić information content (AvgIpc) is 2.52. The molecule has 0 spiro atoms. The number of methoxy groups -OCH3 is 1. The predicted molar refractivity (Wildman–Crippen MR) is 82.3 cm³/mol. The molecule has 1 aromatic heterocycles. The third kappa shape index (κ3) is 5.07. The van der Waals surface area contributed by atoms with Crippen LogP contribution in [0.1, 0.15) is 6.42 Å². The van der Waals surface area contributed by atoms with E-state index in [9.17, 15) is 0 Å². The summed E-state index contributed by atoms with van der Waals surface area (Å²) in [6.45, 7) is 8.41. The van der Waals surface area contributed by atoms with E-state index in [2.05, 4.69) is 32.2 Å². The molecule has 112 valence electrons. The molecule has 1 fully saturated rings. The predicted octanol–water partition coefficient (Wildman–Crippen LogP) is 0.830. The molecular formula is C15H26N4O. The zero-order valence-electron chi connectivity index (χ0n) is 12.4. The van der Waals surface area contributed by atoms with Crippen molar-refractivity contribution in [1.82, 2.24) is 15.2 Å². The molecule has 0 atom stereocenters. The summed E-state index contributed by atoms with van der Waals surface area (Å²) < 4.78 is 5.01. The van der Waals surface area contributed by atoms with Crippen LogP contribution in [0.25, 0.3) is 0 Å². The van der Waals surface area contributed by atoms with Gasteiger partial charge in [-0.3, -0.25) is 4.90 Å². The Bertz CT molecular complexity index is 352. The first-order chi connectivity index (χ1) is 9.90. The number of anilines is 1. The van der Waals surface area contributed by atoms with Gasteiger partial charge in [-0.25, -0.2) is 4.98 Å². The number of pyridine rings is 1. The van der Waals surface area contributed by atoms with E-state index in [0.29, 0.717) is 0 Å². The maximum Gasteiger partial charge on any atom is 0.128 e. The molecule has 20 heavy (non-hydrogen) atoms. The maximum absolute atomic E-state index is 5.01. The van der Waals surface area contributed by atoms with E-state index >= 15 is 0 Å². The third-order valence-corrected chi connectivity index (χ3v) is 3.66. The summed E-state index contributed by atoms with van der Waals surface area (Å²) >= 11 is 0. The molecular weight excluding hydrogens is 252 g/mol. The van der Waals surface area contributed by atoms with Crippen LogP contribution < -0.4 is 10.2 Å². The number of nitrogens with one attached hydrogen (secondary N) is 1. The van der Waals surface area contributed by atoms with Gasteiger partial charge >= 0.3 is 0 Å². The van der Waals surface area contributed by atoms with E-state index in [4.69, 9.17) is 4.74 Å². The van der Waals surface area contributed by atoms with Gasteiger partial charge in [-0.05, 0) is 31.6 Å². The Labute approximate surface area is 121 Å². The van der Waals surface area contributed by atoms with E-state index in [0.717, 1.165) is 51.7 Å². The second-order valence-corrected chi connectivity index (χ2v) is 5.11. The zero-order valence-corrected chi connectivity index (χ0v) is 12.4. The summed E-state index contributed by atoms with van der Waals surface area (Å²) in [6.07, 6.45) is 3.07. The van der Waals surface area contributed by atoms with Gasteiger partial charge in [0.1, 0.15) is 5.82 Å². The summed E-state index contributed by atoms with van der Waals surface area (Å²) in [6, 6.07) is 6.12. The minimum absolute atomic E-state index is 0.794. The Morgan fingerprint density at radius 2 is 2.05 bits per heavy atom. The van der Waals surface area contributed by atoms with Crippen molar-refractivity contribution in [2.45, 2.75) is 6.42 Å². The van der Waals surface area contributed by atoms with Crippen LogP contribution in [0, 0.1) is 0 Å². The molecule has 0 aliphatic carbocycles. The Hall–Kier alpha value is -1.17. The van der Waals surface area contributed by atoms with Gasteiger partial charge in [0.25, 0.3) is 0 Å². The second kappa shape index (κ2) is 8.89. The van der Waals surface area contributed by atoms with Crippen LogP contribution in [0.2, 0.25) is 0 Å². The Kier molecular flexibility index (Phi) is 6.77. The quantitative estimate of drug-likeness (QED) is 0.713. The number of rotatable bonds is 8. The van der Waals surface area contributed by atoms with Gasteiger partial charge in [0.05, 0.1) is 6.61 Å². The highest BCUT2D eigenvalue weighted by atomic mass is 16.5. The normalized spacial score (nSPS) is 16.6. The molecule has 1 aliphatic heterocycles. The molecule has 1 aromatic rings. The second-order valence-electron chi connectivity index (χ2n) is 5.11. The molecule has 1 N–H and O–H groups in total. The van der Waals surface area contributed by atoms with Crippen LogP contribution in [0.5, 0.6) is 0 Å². The highest BCUT2D eigenvalue weighted by Gasteiger charge is 2.16. The summed E-state index contributed by atoms with van der Waals surface area (Å²) in [5.74, 6) is 1.10. The molecule has 2 rings (SSSR count). The average molecular weight is 278 g/mol. The van der Waals surface area contributed by atoms with Gasteiger partial charge in [-0.2, -0.15) is 0 Å². The number of piperazine rings is 1. The van der Waals surface area contributed by atoms with Crippen LogP contribution in [0.4, 0.5) is 5.82 Å². The largest absolute Gasteiger partial charge is 0.383 e. The Morgan fingerprint density at radius 3 is 2.75 bits per heavy atom. The van der Waals surface area contributed by atoms with Gasteiger partial charge in [-0.15, -0.1) is 0 Å². The van der Waals surface area contributed by atoms with Gasteiger partial charge in [0.2, 0.25) is 0 Å². The number of nitrogens with zero attached hydrogens (tertiary/aromatic N) is 3. The smallest absolute Gasteiger partial charge is 0.128 e. The van der Waals surface area contributed by atoms with Crippen LogP contribution in [-0.2, 0) is 4.74 Å². The van der Waals surface area contributed by atoms with E-state index < -0.39 is 0 Å². The lowest BCUT2D eigenvalue weighted by Crippen LogP contribution is -2.47. The topological polar surface area (TPSA) is 40.6 Å². The van der Waals surface area contributed by atoms with Crippen molar-refractivity contribution in [1.29, 1.82) is 0 Å².